The van der Waals surface area contributed by atoms with Gasteiger partial charge < -0.3 is 9.47 Å². The second-order valence-electron chi connectivity index (χ2n) is 5.71. The van der Waals surface area contributed by atoms with E-state index in [0.29, 0.717) is 18.9 Å². The van der Waals surface area contributed by atoms with E-state index in [4.69, 9.17) is 13.7 Å². The number of anilines is 1. The summed E-state index contributed by atoms with van der Waals surface area (Å²) >= 11 is 0. The number of carbonyl (C=O) groups is 1. The number of benzene rings is 1. The number of rotatable bonds is 5. The normalized spacial score (nSPS) is 21.5. The Labute approximate surface area is 140 Å². The summed E-state index contributed by atoms with van der Waals surface area (Å²) in [5.41, 5.74) is 3.04. The Balaban J connectivity index is 1.66. The zero-order valence-electron chi connectivity index (χ0n) is 13.3. The molecule has 1 saturated heterocycles. The highest BCUT2D eigenvalue weighted by molar-refractivity contribution is 7.85. The fourth-order valence-electron chi connectivity index (χ4n) is 2.66. The van der Waals surface area contributed by atoms with Crippen molar-refractivity contribution in [3.8, 4) is 0 Å². The van der Waals surface area contributed by atoms with E-state index in [1.165, 1.54) is 10.5 Å². The van der Waals surface area contributed by atoms with E-state index in [0.717, 1.165) is 18.2 Å². The summed E-state index contributed by atoms with van der Waals surface area (Å²) in [6, 6.07) is 7.62. The minimum Gasteiger partial charge on any atom is -0.441 e. The van der Waals surface area contributed by atoms with Gasteiger partial charge in [0.15, 0.2) is 0 Å². The lowest BCUT2D eigenvalue weighted by molar-refractivity contribution is 0.107. The number of amides is 1. The molecule has 1 fully saturated rings. The third-order valence-corrected chi connectivity index (χ3v) is 4.42. The predicted octanol–water partition coefficient (Wildman–Crippen LogP) is 1.79. The molecule has 0 N–H and O–H groups in total. The molecule has 3 rings (SSSR count). The van der Waals surface area contributed by atoms with Gasteiger partial charge in [-0.3, -0.25) is 9.08 Å². The first-order chi connectivity index (χ1) is 11.4. The lowest BCUT2D eigenvalue weighted by Crippen LogP contribution is -2.26. The quantitative estimate of drug-likeness (QED) is 0.751. The molecule has 7 nitrogen and oxygen atoms in total. The summed E-state index contributed by atoms with van der Waals surface area (Å²) in [4.78, 5) is 13.4. The van der Waals surface area contributed by atoms with Crippen LogP contribution in [0.1, 0.15) is 12.0 Å². The van der Waals surface area contributed by atoms with Gasteiger partial charge in [0, 0.05) is 5.69 Å². The number of cyclic esters (lactones) is 1. The monoisotopic (exact) mass is 353 g/mol. The molecule has 0 aromatic heterocycles. The van der Waals surface area contributed by atoms with Crippen molar-refractivity contribution < 1.29 is 26.9 Å². The van der Waals surface area contributed by atoms with Gasteiger partial charge in [0.1, 0.15) is 12.7 Å². The molecule has 8 heteroatoms. The smallest absolute Gasteiger partial charge is 0.414 e. The fraction of sp³-hybridized carbons (Fsp3) is 0.438. The maximum atomic E-state index is 12.0. The van der Waals surface area contributed by atoms with Crippen LogP contribution in [0.2, 0.25) is 0 Å². The highest BCUT2D eigenvalue weighted by Gasteiger charge is 2.33. The van der Waals surface area contributed by atoms with Crippen molar-refractivity contribution in [3.63, 3.8) is 0 Å². The third-order valence-electron chi connectivity index (χ3n) is 3.86. The van der Waals surface area contributed by atoms with Crippen molar-refractivity contribution in [3.05, 3.63) is 35.9 Å². The highest BCUT2D eigenvalue weighted by Crippen LogP contribution is 2.26. The van der Waals surface area contributed by atoms with Crippen LogP contribution in [-0.4, -0.2) is 53.2 Å². The fourth-order valence-corrected chi connectivity index (χ4v) is 3.06. The summed E-state index contributed by atoms with van der Waals surface area (Å²) < 4.78 is 37.2. The number of hydrogen-bond donors (Lipinski definition) is 0. The van der Waals surface area contributed by atoms with E-state index in [2.05, 4.69) is 6.08 Å². The van der Waals surface area contributed by atoms with E-state index in [1.807, 2.05) is 24.3 Å². The molecule has 0 bridgehead atoms. The highest BCUT2D eigenvalue weighted by atomic mass is 32.2. The summed E-state index contributed by atoms with van der Waals surface area (Å²) in [6.07, 6.45) is 2.78. The molecule has 2 aliphatic rings. The molecule has 0 aliphatic carbocycles. The summed E-state index contributed by atoms with van der Waals surface area (Å²) in [5, 5.41) is 0. The van der Waals surface area contributed by atoms with Crippen LogP contribution in [0.15, 0.2) is 30.3 Å². The van der Waals surface area contributed by atoms with Gasteiger partial charge in [0.25, 0.3) is 10.1 Å². The van der Waals surface area contributed by atoms with Crippen molar-refractivity contribution in [2.45, 2.75) is 12.5 Å². The van der Waals surface area contributed by atoms with Crippen LogP contribution in [-0.2, 0) is 23.8 Å². The lowest BCUT2D eigenvalue weighted by Gasteiger charge is -2.16. The molecule has 24 heavy (non-hydrogen) atoms. The molecule has 2 aliphatic heterocycles. The first-order valence-corrected chi connectivity index (χ1v) is 9.44. The van der Waals surface area contributed by atoms with Crippen molar-refractivity contribution >= 4 is 27.5 Å². The van der Waals surface area contributed by atoms with Gasteiger partial charge in [0.05, 0.1) is 26.0 Å². The van der Waals surface area contributed by atoms with Gasteiger partial charge in [-0.15, -0.1) is 0 Å². The van der Waals surface area contributed by atoms with Crippen LogP contribution in [0.4, 0.5) is 10.5 Å². The Hall–Kier alpha value is -1.90. The van der Waals surface area contributed by atoms with Gasteiger partial charge in [-0.1, -0.05) is 18.2 Å². The Morgan fingerprint density at radius 3 is 2.67 bits per heavy atom. The molecule has 1 aromatic carbocycles. The number of nitrogens with zero attached hydrogens (tertiary/aromatic N) is 1. The van der Waals surface area contributed by atoms with E-state index in [9.17, 15) is 13.2 Å². The molecule has 2 heterocycles. The van der Waals surface area contributed by atoms with Gasteiger partial charge in [0.2, 0.25) is 0 Å². The Bertz CT molecular complexity index is 740. The second kappa shape index (κ2) is 6.92. The van der Waals surface area contributed by atoms with Crippen molar-refractivity contribution in [1.29, 1.82) is 0 Å². The Morgan fingerprint density at radius 2 is 2.04 bits per heavy atom. The van der Waals surface area contributed by atoms with E-state index >= 15 is 0 Å². The minimum absolute atomic E-state index is 0.175. The van der Waals surface area contributed by atoms with E-state index in [-0.39, 0.29) is 13.2 Å². The van der Waals surface area contributed by atoms with Crippen LogP contribution < -0.4 is 4.90 Å². The SMILES string of the molecule is CS(=O)(=O)OC[C@H]1CN(c2ccc(C3=CCOCC3)cc2)C(=O)O1. The molecular weight excluding hydrogens is 334 g/mol. The summed E-state index contributed by atoms with van der Waals surface area (Å²) in [5.74, 6) is 0. The van der Waals surface area contributed by atoms with Crippen LogP contribution in [0.3, 0.4) is 0 Å². The number of ether oxygens (including phenoxy) is 2. The number of hydrogen-bond acceptors (Lipinski definition) is 6. The predicted molar refractivity (Wildman–Crippen MR) is 88.3 cm³/mol. The molecule has 0 saturated carbocycles. The largest absolute Gasteiger partial charge is 0.441 e. The van der Waals surface area contributed by atoms with E-state index in [1.54, 1.807) is 0 Å². The molecule has 1 aromatic rings. The third kappa shape index (κ3) is 4.14. The van der Waals surface area contributed by atoms with Crippen LogP contribution in [0, 0.1) is 0 Å². The van der Waals surface area contributed by atoms with Crippen molar-refractivity contribution in [2.75, 3.05) is 37.5 Å². The molecule has 130 valence electrons. The van der Waals surface area contributed by atoms with Crippen LogP contribution >= 0.6 is 0 Å². The average molecular weight is 353 g/mol. The minimum atomic E-state index is -3.56. The van der Waals surface area contributed by atoms with Crippen LogP contribution in [0.25, 0.3) is 5.57 Å². The summed E-state index contributed by atoms with van der Waals surface area (Å²) in [6.45, 7) is 1.42. The standard InChI is InChI=1S/C16H19NO6S/c1-24(19,20)22-11-15-10-17(16(18)23-15)14-4-2-12(3-5-14)13-6-8-21-9-7-13/h2-6,15H,7-11H2,1H3/t15-/m1/s1. The zero-order valence-corrected chi connectivity index (χ0v) is 14.1. The van der Waals surface area contributed by atoms with Crippen molar-refractivity contribution in [2.24, 2.45) is 0 Å². The topological polar surface area (TPSA) is 82.1 Å². The average Bonchev–Trinajstić information content (AvgIpc) is 2.94. The van der Waals surface area contributed by atoms with Gasteiger partial charge in [-0.05, 0) is 29.7 Å². The Kier molecular flexibility index (Phi) is 4.88. The number of carbonyl (C=O) groups excluding carboxylic acids is 1. The van der Waals surface area contributed by atoms with Gasteiger partial charge >= 0.3 is 6.09 Å². The second-order valence-corrected chi connectivity index (χ2v) is 7.35. The summed E-state index contributed by atoms with van der Waals surface area (Å²) in [7, 11) is -3.56. The van der Waals surface area contributed by atoms with E-state index < -0.39 is 22.3 Å². The lowest BCUT2D eigenvalue weighted by atomic mass is 10.0. The maximum absolute atomic E-state index is 12.0. The Morgan fingerprint density at radius 1 is 1.29 bits per heavy atom. The molecule has 0 unspecified atom stereocenters. The molecular formula is C16H19NO6S. The van der Waals surface area contributed by atoms with Gasteiger partial charge in [-0.25, -0.2) is 4.79 Å². The first kappa shape index (κ1) is 16.9. The first-order valence-electron chi connectivity index (χ1n) is 7.62. The molecule has 0 radical (unpaired) electrons. The zero-order chi connectivity index (χ0) is 17.2. The maximum Gasteiger partial charge on any atom is 0.414 e. The molecule has 1 atom stereocenters. The van der Waals surface area contributed by atoms with Crippen LogP contribution in [0.5, 0.6) is 0 Å². The molecule has 0 spiro atoms. The van der Waals surface area contributed by atoms with Crippen molar-refractivity contribution in [1.82, 2.24) is 0 Å². The van der Waals surface area contributed by atoms with Gasteiger partial charge in [-0.2, -0.15) is 8.42 Å². The molecule has 1 amide bonds.